The highest BCUT2D eigenvalue weighted by Gasteiger charge is 2.29. The molecule has 1 aromatic carbocycles. The minimum absolute atomic E-state index is 0.401. The second-order valence-electron chi connectivity index (χ2n) is 6.30. The molecule has 2 nitrogen and oxygen atoms in total. The van der Waals surface area contributed by atoms with Crippen LogP contribution in [-0.4, -0.2) is 19.2 Å². The molecular weight excluding hydrogens is 258 g/mol. The van der Waals surface area contributed by atoms with E-state index in [0.717, 1.165) is 19.6 Å². The van der Waals surface area contributed by atoms with Crippen LogP contribution in [0.2, 0.25) is 0 Å². The average Bonchev–Trinajstić information content (AvgIpc) is 2.56. The van der Waals surface area contributed by atoms with E-state index in [0.29, 0.717) is 12.0 Å². The number of hydrogen-bond acceptors (Lipinski definition) is 2. The summed E-state index contributed by atoms with van der Waals surface area (Å²) in [4.78, 5) is 0. The summed E-state index contributed by atoms with van der Waals surface area (Å²) in [5.74, 6) is 1.87. The van der Waals surface area contributed by atoms with Gasteiger partial charge in [0.25, 0.3) is 0 Å². The van der Waals surface area contributed by atoms with E-state index in [1.54, 1.807) is 5.56 Å². The van der Waals surface area contributed by atoms with Crippen LogP contribution < -0.4 is 5.32 Å². The molecule has 0 aromatic heterocycles. The second-order valence-corrected chi connectivity index (χ2v) is 6.30. The standard InChI is InChI=1S/C19H27NO/c1-2-12-20-19(18-9-5-6-13-21-18)17-11-10-15-7-3-4-8-16(15)14-17/h3-4,7-9,17,19-20H,2,5-6,10-14H2,1H3. The number of ether oxygens (including phenoxy) is 1. The van der Waals surface area contributed by atoms with Gasteiger partial charge in [0, 0.05) is 0 Å². The van der Waals surface area contributed by atoms with Crippen LogP contribution in [0.3, 0.4) is 0 Å². The predicted molar refractivity (Wildman–Crippen MR) is 87.3 cm³/mol. The molecule has 1 N–H and O–H groups in total. The van der Waals surface area contributed by atoms with E-state index < -0.39 is 0 Å². The van der Waals surface area contributed by atoms with Gasteiger partial charge in [0.1, 0.15) is 5.76 Å². The average molecular weight is 285 g/mol. The van der Waals surface area contributed by atoms with Crippen LogP contribution in [0.15, 0.2) is 36.1 Å². The molecule has 1 heterocycles. The maximum Gasteiger partial charge on any atom is 0.109 e. The lowest BCUT2D eigenvalue weighted by molar-refractivity contribution is 0.146. The molecule has 1 aliphatic heterocycles. The Hall–Kier alpha value is -1.28. The molecule has 0 bridgehead atoms. The summed E-state index contributed by atoms with van der Waals surface area (Å²) in [5, 5.41) is 3.75. The van der Waals surface area contributed by atoms with Crippen LogP contribution in [-0.2, 0) is 17.6 Å². The van der Waals surface area contributed by atoms with E-state index in [2.05, 4.69) is 42.6 Å². The smallest absolute Gasteiger partial charge is 0.109 e. The fraction of sp³-hybridized carbons (Fsp3) is 0.579. The summed E-state index contributed by atoms with van der Waals surface area (Å²) in [5.41, 5.74) is 3.08. The largest absolute Gasteiger partial charge is 0.497 e. The zero-order valence-electron chi connectivity index (χ0n) is 13.1. The third-order valence-electron chi connectivity index (χ3n) is 4.74. The first kappa shape index (κ1) is 14.6. The number of benzene rings is 1. The van der Waals surface area contributed by atoms with Crippen molar-refractivity contribution in [2.45, 2.75) is 51.5 Å². The SMILES string of the molecule is CCCNC(C1=CCCCO1)C1CCc2ccccc2C1. The molecule has 0 saturated carbocycles. The summed E-state index contributed by atoms with van der Waals surface area (Å²) in [7, 11) is 0. The fourth-order valence-corrected chi connectivity index (χ4v) is 3.60. The van der Waals surface area contributed by atoms with Crippen molar-refractivity contribution < 1.29 is 4.74 Å². The highest BCUT2D eigenvalue weighted by molar-refractivity contribution is 5.30. The van der Waals surface area contributed by atoms with Gasteiger partial charge < -0.3 is 10.1 Å². The Bertz CT molecular complexity index is 494. The molecule has 1 aliphatic carbocycles. The van der Waals surface area contributed by atoms with Gasteiger partial charge >= 0.3 is 0 Å². The van der Waals surface area contributed by atoms with Crippen molar-refractivity contribution in [2.75, 3.05) is 13.2 Å². The molecule has 0 radical (unpaired) electrons. The van der Waals surface area contributed by atoms with Gasteiger partial charge in [-0.2, -0.15) is 0 Å². The Morgan fingerprint density at radius 3 is 2.90 bits per heavy atom. The van der Waals surface area contributed by atoms with Gasteiger partial charge in [-0.15, -0.1) is 0 Å². The molecule has 114 valence electrons. The van der Waals surface area contributed by atoms with E-state index >= 15 is 0 Å². The first-order valence-corrected chi connectivity index (χ1v) is 8.51. The van der Waals surface area contributed by atoms with Gasteiger partial charge in [0.15, 0.2) is 0 Å². The van der Waals surface area contributed by atoms with Gasteiger partial charge in [0.05, 0.1) is 12.6 Å². The van der Waals surface area contributed by atoms with Gasteiger partial charge in [-0.25, -0.2) is 0 Å². The van der Waals surface area contributed by atoms with Crippen molar-refractivity contribution in [3.63, 3.8) is 0 Å². The topological polar surface area (TPSA) is 21.3 Å². The maximum atomic E-state index is 5.98. The Morgan fingerprint density at radius 2 is 2.14 bits per heavy atom. The van der Waals surface area contributed by atoms with Crippen molar-refractivity contribution in [3.05, 3.63) is 47.2 Å². The Labute approximate surface area is 128 Å². The van der Waals surface area contributed by atoms with Gasteiger partial charge in [0.2, 0.25) is 0 Å². The Morgan fingerprint density at radius 1 is 1.29 bits per heavy atom. The van der Waals surface area contributed by atoms with Gasteiger partial charge in [-0.3, -0.25) is 0 Å². The highest BCUT2D eigenvalue weighted by atomic mass is 16.5. The van der Waals surface area contributed by atoms with Crippen molar-refractivity contribution in [3.8, 4) is 0 Å². The lowest BCUT2D eigenvalue weighted by Gasteiger charge is -2.34. The molecular formula is C19H27NO. The van der Waals surface area contributed by atoms with Gasteiger partial charge in [-0.1, -0.05) is 31.2 Å². The van der Waals surface area contributed by atoms with Crippen molar-refractivity contribution in [2.24, 2.45) is 5.92 Å². The third-order valence-corrected chi connectivity index (χ3v) is 4.74. The number of allylic oxidation sites excluding steroid dienone is 1. The summed E-state index contributed by atoms with van der Waals surface area (Å²) < 4.78 is 5.98. The van der Waals surface area contributed by atoms with E-state index in [9.17, 15) is 0 Å². The number of fused-ring (bicyclic) bond motifs is 1. The zero-order chi connectivity index (χ0) is 14.5. The Balaban J connectivity index is 1.76. The van der Waals surface area contributed by atoms with E-state index in [1.807, 2.05) is 0 Å². The number of nitrogens with one attached hydrogen (secondary N) is 1. The van der Waals surface area contributed by atoms with Crippen LogP contribution in [0.1, 0.15) is 43.7 Å². The molecule has 2 unspecified atom stereocenters. The van der Waals surface area contributed by atoms with E-state index in [-0.39, 0.29) is 0 Å². The molecule has 21 heavy (non-hydrogen) atoms. The first-order valence-electron chi connectivity index (χ1n) is 8.51. The van der Waals surface area contributed by atoms with Crippen LogP contribution in [0, 0.1) is 5.92 Å². The fourth-order valence-electron chi connectivity index (χ4n) is 3.60. The van der Waals surface area contributed by atoms with Crippen LogP contribution in [0.4, 0.5) is 0 Å². The van der Waals surface area contributed by atoms with E-state index in [4.69, 9.17) is 4.74 Å². The lowest BCUT2D eigenvalue weighted by Crippen LogP contribution is -2.42. The van der Waals surface area contributed by atoms with Crippen molar-refractivity contribution >= 4 is 0 Å². The summed E-state index contributed by atoms with van der Waals surface area (Å²) >= 11 is 0. The van der Waals surface area contributed by atoms with Crippen LogP contribution in [0.5, 0.6) is 0 Å². The summed E-state index contributed by atoms with van der Waals surface area (Å²) in [6.45, 7) is 4.19. The Kier molecular flexibility index (Phi) is 4.97. The molecule has 0 amide bonds. The molecule has 2 atom stereocenters. The number of aryl methyl sites for hydroxylation is 1. The zero-order valence-corrected chi connectivity index (χ0v) is 13.1. The summed E-state index contributed by atoms with van der Waals surface area (Å²) in [6.07, 6.45) is 9.47. The molecule has 0 fully saturated rings. The number of hydrogen-bond donors (Lipinski definition) is 1. The van der Waals surface area contributed by atoms with E-state index in [1.165, 1.54) is 43.4 Å². The van der Waals surface area contributed by atoms with Crippen molar-refractivity contribution in [1.82, 2.24) is 5.32 Å². The monoisotopic (exact) mass is 285 g/mol. The molecule has 2 heteroatoms. The minimum Gasteiger partial charge on any atom is -0.497 e. The normalized spacial score (nSPS) is 22.9. The molecule has 1 aromatic rings. The van der Waals surface area contributed by atoms with Gasteiger partial charge in [-0.05, 0) is 68.2 Å². The summed E-state index contributed by atoms with van der Waals surface area (Å²) in [6, 6.07) is 9.33. The minimum atomic E-state index is 0.401. The predicted octanol–water partition coefficient (Wildman–Crippen LogP) is 3.85. The first-order chi connectivity index (χ1) is 10.4. The molecule has 3 rings (SSSR count). The highest BCUT2D eigenvalue weighted by Crippen LogP contribution is 2.31. The molecule has 2 aliphatic rings. The maximum absolute atomic E-state index is 5.98. The quantitative estimate of drug-likeness (QED) is 0.887. The van der Waals surface area contributed by atoms with Crippen LogP contribution >= 0.6 is 0 Å². The third kappa shape index (κ3) is 3.49. The lowest BCUT2D eigenvalue weighted by atomic mass is 9.79. The number of rotatable bonds is 5. The van der Waals surface area contributed by atoms with Crippen LogP contribution in [0.25, 0.3) is 0 Å². The second kappa shape index (κ2) is 7.13. The molecule has 0 spiro atoms. The van der Waals surface area contributed by atoms with Crippen molar-refractivity contribution in [1.29, 1.82) is 0 Å². The molecule has 0 saturated heterocycles.